The van der Waals surface area contributed by atoms with Gasteiger partial charge in [0.25, 0.3) is 11.8 Å². The van der Waals surface area contributed by atoms with Crippen LogP contribution in [0.2, 0.25) is 0 Å². The lowest BCUT2D eigenvalue weighted by Crippen LogP contribution is -2.35. The number of amides is 2. The summed E-state index contributed by atoms with van der Waals surface area (Å²) in [7, 11) is 0. The van der Waals surface area contributed by atoms with E-state index in [4.69, 9.17) is 4.74 Å². The van der Waals surface area contributed by atoms with Gasteiger partial charge in [-0.2, -0.15) is 5.10 Å². The highest BCUT2D eigenvalue weighted by molar-refractivity contribution is 5.96. The molecular weight excluding hydrogens is 325 g/mol. The van der Waals surface area contributed by atoms with Crippen LogP contribution in [-0.4, -0.2) is 31.2 Å². The quantitative estimate of drug-likeness (QED) is 0.597. The maximum absolute atomic E-state index is 13.5. The minimum absolute atomic E-state index is 0.121. The fourth-order valence-electron chi connectivity index (χ4n) is 1.99. The van der Waals surface area contributed by atoms with E-state index in [0.29, 0.717) is 17.9 Å². The van der Waals surface area contributed by atoms with Gasteiger partial charge in [-0.15, -0.1) is 0 Å². The van der Waals surface area contributed by atoms with Crippen molar-refractivity contribution in [3.8, 4) is 5.75 Å². The van der Waals surface area contributed by atoms with E-state index in [0.717, 1.165) is 0 Å². The van der Waals surface area contributed by atoms with Gasteiger partial charge in [-0.05, 0) is 31.2 Å². The van der Waals surface area contributed by atoms with Gasteiger partial charge in [-0.3, -0.25) is 9.59 Å². The number of para-hydroxylation sites is 1. The van der Waals surface area contributed by atoms with Gasteiger partial charge < -0.3 is 10.1 Å². The van der Waals surface area contributed by atoms with Crippen LogP contribution in [0.1, 0.15) is 22.8 Å². The highest BCUT2D eigenvalue weighted by Gasteiger charge is 2.11. The molecule has 0 saturated heterocycles. The van der Waals surface area contributed by atoms with E-state index in [-0.39, 0.29) is 12.1 Å². The minimum atomic E-state index is -0.668. The summed E-state index contributed by atoms with van der Waals surface area (Å²) in [5.74, 6) is -1.20. The summed E-state index contributed by atoms with van der Waals surface area (Å²) >= 11 is 0. The Kier molecular flexibility index (Phi) is 6.65. The van der Waals surface area contributed by atoms with E-state index in [9.17, 15) is 14.0 Å². The van der Waals surface area contributed by atoms with Crippen molar-refractivity contribution < 1.29 is 18.7 Å². The molecule has 0 unspecified atom stereocenters. The van der Waals surface area contributed by atoms with Crippen molar-refractivity contribution in [2.24, 2.45) is 5.10 Å². The molecule has 0 aliphatic carbocycles. The van der Waals surface area contributed by atoms with Crippen LogP contribution in [0.3, 0.4) is 0 Å². The molecule has 0 atom stereocenters. The topological polar surface area (TPSA) is 79.8 Å². The van der Waals surface area contributed by atoms with Gasteiger partial charge in [0.2, 0.25) is 0 Å². The zero-order valence-electron chi connectivity index (χ0n) is 13.7. The van der Waals surface area contributed by atoms with Gasteiger partial charge in [0.05, 0.1) is 24.9 Å². The number of halogens is 1. The first-order chi connectivity index (χ1) is 12.1. The summed E-state index contributed by atoms with van der Waals surface area (Å²) in [4.78, 5) is 23.5. The Morgan fingerprint density at radius 1 is 1.16 bits per heavy atom. The Labute approximate surface area is 144 Å². The van der Waals surface area contributed by atoms with Crippen LogP contribution >= 0.6 is 0 Å². The van der Waals surface area contributed by atoms with Gasteiger partial charge in [-0.1, -0.05) is 24.3 Å². The molecule has 6 nitrogen and oxygen atoms in total. The molecule has 0 bridgehead atoms. The standard InChI is InChI=1S/C18H18FN3O3/c1-2-25-16-10-6-3-7-13(16)11-21-22-17(23)12-20-18(24)14-8-4-5-9-15(14)19/h3-11H,2,12H2,1H3,(H,20,24)(H,22,23)/b21-11+. The molecule has 0 aliphatic rings. The van der Waals surface area contributed by atoms with Crippen molar-refractivity contribution in [1.82, 2.24) is 10.7 Å². The van der Waals surface area contributed by atoms with Crippen LogP contribution < -0.4 is 15.5 Å². The number of ether oxygens (including phenoxy) is 1. The SMILES string of the molecule is CCOc1ccccc1/C=N/NC(=O)CNC(=O)c1ccccc1F. The molecule has 25 heavy (non-hydrogen) atoms. The first-order valence-electron chi connectivity index (χ1n) is 7.68. The van der Waals surface area contributed by atoms with Gasteiger partial charge in [0, 0.05) is 5.56 Å². The average molecular weight is 343 g/mol. The molecule has 2 N–H and O–H groups in total. The number of nitrogens with zero attached hydrogens (tertiary/aromatic N) is 1. The number of hydrazone groups is 1. The monoisotopic (exact) mass is 343 g/mol. The lowest BCUT2D eigenvalue weighted by atomic mass is 10.2. The molecule has 0 saturated carbocycles. The van der Waals surface area contributed by atoms with Crippen LogP contribution in [0.15, 0.2) is 53.6 Å². The normalized spacial score (nSPS) is 10.5. The molecule has 130 valence electrons. The smallest absolute Gasteiger partial charge is 0.259 e. The Hall–Kier alpha value is -3.22. The number of benzene rings is 2. The molecule has 2 amide bonds. The molecule has 0 aromatic heterocycles. The van der Waals surface area contributed by atoms with Crippen molar-refractivity contribution >= 4 is 18.0 Å². The number of hydrogen-bond acceptors (Lipinski definition) is 4. The number of carbonyl (C=O) groups is 2. The number of nitrogens with one attached hydrogen (secondary N) is 2. The van der Waals surface area contributed by atoms with E-state index < -0.39 is 17.6 Å². The number of carbonyl (C=O) groups excluding carboxylic acids is 2. The largest absolute Gasteiger partial charge is 0.493 e. The Balaban J connectivity index is 1.85. The average Bonchev–Trinajstić information content (AvgIpc) is 2.62. The third-order valence-corrected chi connectivity index (χ3v) is 3.14. The van der Waals surface area contributed by atoms with Gasteiger partial charge >= 0.3 is 0 Å². The lowest BCUT2D eigenvalue weighted by Gasteiger charge is -2.06. The highest BCUT2D eigenvalue weighted by atomic mass is 19.1. The van der Waals surface area contributed by atoms with Gasteiger partial charge in [0.15, 0.2) is 0 Å². The first kappa shape index (κ1) is 18.1. The fraction of sp³-hybridized carbons (Fsp3) is 0.167. The number of rotatable bonds is 7. The summed E-state index contributed by atoms with van der Waals surface area (Å²) in [6.45, 7) is 2.06. The molecule has 0 heterocycles. The van der Waals surface area contributed by atoms with Crippen LogP contribution in [0.4, 0.5) is 4.39 Å². The van der Waals surface area contributed by atoms with E-state index in [2.05, 4.69) is 15.8 Å². The highest BCUT2D eigenvalue weighted by Crippen LogP contribution is 2.15. The summed E-state index contributed by atoms with van der Waals surface area (Å²) in [6.07, 6.45) is 1.45. The summed E-state index contributed by atoms with van der Waals surface area (Å²) in [5, 5.41) is 6.15. The van der Waals surface area contributed by atoms with Crippen molar-refractivity contribution in [2.45, 2.75) is 6.92 Å². The molecule has 0 radical (unpaired) electrons. The van der Waals surface area contributed by atoms with E-state index >= 15 is 0 Å². The minimum Gasteiger partial charge on any atom is -0.493 e. The Bertz CT molecular complexity index is 778. The summed E-state index contributed by atoms with van der Waals surface area (Å²) in [5.41, 5.74) is 2.88. The maximum Gasteiger partial charge on any atom is 0.259 e. The predicted octanol–water partition coefficient (Wildman–Crippen LogP) is 2.10. The third kappa shape index (κ3) is 5.42. The van der Waals surface area contributed by atoms with Crippen LogP contribution in [0.25, 0.3) is 0 Å². The lowest BCUT2D eigenvalue weighted by molar-refractivity contribution is -0.120. The molecule has 0 spiro atoms. The maximum atomic E-state index is 13.5. The van der Waals surface area contributed by atoms with Gasteiger partial charge in [-0.25, -0.2) is 9.82 Å². The van der Waals surface area contributed by atoms with Crippen molar-refractivity contribution in [3.63, 3.8) is 0 Å². The van der Waals surface area contributed by atoms with Crippen LogP contribution in [-0.2, 0) is 4.79 Å². The zero-order valence-corrected chi connectivity index (χ0v) is 13.7. The van der Waals surface area contributed by atoms with Crippen molar-refractivity contribution in [1.29, 1.82) is 0 Å². The second-order valence-corrected chi connectivity index (χ2v) is 4.93. The molecule has 2 aromatic rings. The molecule has 2 aromatic carbocycles. The second-order valence-electron chi connectivity index (χ2n) is 4.93. The number of hydrogen-bond donors (Lipinski definition) is 2. The zero-order chi connectivity index (χ0) is 18.1. The second kappa shape index (κ2) is 9.17. The molecule has 7 heteroatoms. The molecular formula is C18H18FN3O3. The third-order valence-electron chi connectivity index (χ3n) is 3.14. The Morgan fingerprint density at radius 3 is 2.64 bits per heavy atom. The van der Waals surface area contributed by atoms with Crippen molar-refractivity contribution in [2.75, 3.05) is 13.2 Å². The first-order valence-corrected chi connectivity index (χ1v) is 7.68. The Morgan fingerprint density at radius 2 is 1.88 bits per heavy atom. The fourth-order valence-corrected chi connectivity index (χ4v) is 1.99. The van der Waals surface area contributed by atoms with E-state index in [1.54, 1.807) is 12.1 Å². The van der Waals surface area contributed by atoms with Crippen LogP contribution in [0.5, 0.6) is 5.75 Å². The van der Waals surface area contributed by atoms with E-state index in [1.165, 1.54) is 30.5 Å². The molecule has 0 aliphatic heterocycles. The summed E-state index contributed by atoms with van der Waals surface area (Å²) in [6, 6.07) is 12.8. The molecule has 0 fully saturated rings. The van der Waals surface area contributed by atoms with Crippen LogP contribution in [0, 0.1) is 5.82 Å². The molecule has 2 rings (SSSR count). The predicted molar refractivity (Wildman–Crippen MR) is 92.1 cm³/mol. The van der Waals surface area contributed by atoms with Crippen molar-refractivity contribution in [3.05, 3.63) is 65.5 Å². The summed E-state index contributed by atoms with van der Waals surface area (Å²) < 4.78 is 18.9. The van der Waals surface area contributed by atoms with E-state index in [1.807, 2.05) is 19.1 Å². The van der Waals surface area contributed by atoms with Gasteiger partial charge in [0.1, 0.15) is 11.6 Å².